The zero-order valence-electron chi connectivity index (χ0n) is 9.13. The molecule has 0 saturated heterocycles. The van der Waals surface area contributed by atoms with E-state index in [-0.39, 0.29) is 6.42 Å². The predicted octanol–water partition coefficient (Wildman–Crippen LogP) is 1.96. The standard InChI is InChI=1S/C13H12N2O2/c14-12-6-11(7-15-8-12)10-3-1-2-9(4-10)5-13(16)17/h1-4,6-8H,5,14H2,(H,16,17). The van der Waals surface area contributed by atoms with Crippen molar-refractivity contribution < 1.29 is 9.90 Å². The first-order valence-electron chi connectivity index (χ1n) is 5.17. The molecule has 0 aliphatic rings. The molecule has 0 saturated carbocycles. The van der Waals surface area contributed by atoms with Crippen molar-refractivity contribution in [1.82, 2.24) is 4.98 Å². The van der Waals surface area contributed by atoms with Gasteiger partial charge in [0.05, 0.1) is 12.1 Å². The summed E-state index contributed by atoms with van der Waals surface area (Å²) in [4.78, 5) is 14.6. The van der Waals surface area contributed by atoms with Gasteiger partial charge in [-0.1, -0.05) is 24.3 Å². The third kappa shape index (κ3) is 2.81. The molecule has 86 valence electrons. The van der Waals surface area contributed by atoms with Crippen LogP contribution in [-0.2, 0) is 11.2 Å². The van der Waals surface area contributed by atoms with Crippen molar-refractivity contribution in [2.75, 3.05) is 5.73 Å². The number of anilines is 1. The van der Waals surface area contributed by atoms with Crippen LogP contribution >= 0.6 is 0 Å². The molecule has 2 rings (SSSR count). The van der Waals surface area contributed by atoms with Crippen LogP contribution < -0.4 is 5.73 Å². The second kappa shape index (κ2) is 4.65. The Morgan fingerprint density at radius 3 is 2.76 bits per heavy atom. The molecule has 0 radical (unpaired) electrons. The summed E-state index contributed by atoms with van der Waals surface area (Å²) < 4.78 is 0. The monoisotopic (exact) mass is 228 g/mol. The van der Waals surface area contributed by atoms with Crippen LogP contribution in [0.25, 0.3) is 11.1 Å². The zero-order valence-corrected chi connectivity index (χ0v) is 9.13. The molecule has 0 fully saturated rings. The van der Waals surface area contributed by atoms with E-state index >= 15 is 0 Å². The maximum atomic E-state index is 10.6. The van der Waals surface area contributed by atoms with Crippen molar-refractivity contribution >= 4 is 11.7 Å². The molecule has 0 amide bonds. The summed E-state index contributed by atoms with van der Waals surface area (Å²) in [5.74, 6) is -0.840. The Labute approximate surface area is 98.7 Å². The molecule has 4 heteroatoms. The fourth-order valence-electron chi connectivity index (χ4n) is 1.65. The highest BCUT2D eigenvalue weighted by Gasteiger charge is 2.03. The minimum Gasteiger partial charge on any atom is -0.481 e. The zero-order chi connectivity index (χ0) is 12.3. The van der Waals surface area contributed by atoms with Crippen molar-refractivity contribution in [2.45, 2.75) is 6.42 Å². The van der Waals surface area contributed by atoms with E-state index in [0.29, 0.717) is 5.69 Å². The van der Waals surface area contributed by atoms with Crippen molar-refractivity contribution in [1.29, 1.82) is 0 Å². The Balaban J connectivity index is 2.36. The number of benzene rings is 1. The van der Waals surface area contributed by atoms with Crippen LogP contribution in [0.3, 0.4) is 0 Å². The van der Waals surface area contributed by atoms with Crippen LogP contribution in [-0.4, -0.2) is 16.1 Å². The second-order valence-electron chi connectivity index (χ2n) is 3.78. The van der Waals surface area contributed by atoms with Gasteiger partial charge in [0.25, 0.3) is 0 Å². The van der Waals surface area contributed by atoms with E-state index in [1.165, 1.54) is 0 Å². The number of hydrogen-bond donors (Lipinski definition) is 2. The lowest BCUT2D eigenvalue weighted by molar-refractivity contribution is -0.136. The van der Waals surface area contributed by atoms with Crippen molar-refractivity contribution in [3.05, 3.63) is 48.3 Å². The maximum absolute atomic E-state index is 10.6. The SMILES string of the molecule is Nc1cncc(-c2cccc(CC(=O)O)c2)c1. The van der Waals surface area contributed by atoms with Crippen molar-refractivity contribution in [3.63, 3.8) is 0 Å². The van der Waals surface area contributed by atoms with Crippen LogP contribution in [0.1, 0.15) is 5.56 Å². The number of carboxylic acids is 1. The molecule has 0 aliphatic carbocycles. The minimum absolute atomic E-state index is 0.0174. The molecule has 4 nitrogen and oxygen atoms in total. The van der Waals surface area contributed by atoms with Crippen molar-refractivity contribution in [2.24, 2.45) is 0 Å². The van der Waals surface area contributed by atoms with Crippen LogP contribution in [0.15, 0.2) is 42.7 Å². The molecule has 3 N–H and O–H groups in total. The molecule has 0 aliphatic heterocycles. The summed E-state index contributed by atoms with van der Waals surface area (Å²) in [7, 11) is 0. The van der Waals surface area contributed by atoms with Gasteiger partial charge in [-0.25, -0.2) is 0 Å². The van der Waals surface area contributed by atoms with Crippen LogP contribution in [0, 0.1) is 0 Å². The molecule has 0 atom stereocenters. The molecular formula is C13H12N2O2. The lowest BCUT2D eigenvalue weighted by Crippen LogP contribution is -1.99. The third-order valence-electron chi connectivity index (χ3n) is 2.38. The summed E-state index contributed by atoms with van der Waals surface area (Å²) in [6.45, 7) is 0. The van der Waals surface area contributed by atoms with Gasteiger partial charge in [-0.2, -0.15) is 0 Å². The smallest absolute Gasteiger partial charge is 0.307 e. The Morgan fingerprint density at radius 2 is 2.06 bits per heavy atom. The molecule has 0 unspecified atom stereocenters. The lowest BCUT2D eigenvalue weighted by atomic mass is 10.0. The number of hydrogen-bond acceptors (Lipinski definition) is 3. The number of nitrogens with two attached hydrogens (primary N) is 1. The summed E-state index contributed by atoms with van der Waals surface area (Å²) in [6, 6.07) is 9.17. The van der Waals surface area contributed by atoms with Gasteiger partial charge in [0.2, 0.25) is 0 Å². The fraction of sp³-hybridized carbons (Fsp3) is 0.0769. The number of pyridine rings is 1. The van der Waals surface area contributed by atoms with E-state index < -0.39 is 5.97 Å². The minimum atomic E-state index is -0.840. The highest BCUT2D eigenvalue weighted by atomic mass is 16.4. The number of aromatic nitrogens is 1. The average Bonchev–Trinajstić information content (AvgIpc) is 2.28. The van der Waals surface area contributed by atoms with E-state index in [1.807, 2.05) is 24.3 Å². The summed E-state index contributed by atoms with van der Waals surface area (Å²) in [6.07, 6.45) is 3.30. The Morgan fingerprint density at radius 1 is 1.24 bits per heavy atom. The van der Waals surface area contributed by atoms with Gasteiger partial charge in [0.1, 0.15) is 0 Å². The van der Waals surface area contributed by atoms with Crippen LogP contribution in [0.2, 0.25) is 0 Å². The first-order valence-corrected chi connectivity index (χ1v) is 5.17. The average molecular weight is 228 g/mol. The molecule has 2 aromatic rings. The first-order chi connectivity index (χ1) is 8.15. The molecule has 1 aromatic carbocycles. The Bertz CT molecular complexity index is 553. The summed E-state index contributed by atoms with van der Waals surface area (Å²) in [5.41, 5.74) is 8.81. The first kappa shape index (κ1) is 11.1. The molecule has 0 spiro atoms. The third-order valence-corrected chi connectivity index (χ3v) is 2.38. The number of aliphatic carboxylic acids is 1. The van der Waals surface area contributed by atoms with Gasteiger partial charge in [0, 0.05) is 18.0 Å². The van der Waals surface area contributed by atoms with E-state index in [9.17, 15) is 4.79 Å². The van der Waals surface area contributed by atoms with Crippen LogP contribution in [0.5, 0.6) is 0 Å². The number of carboxylic acid groups (broad SMARTS) is 1. The van der Waals surface area contributed by atoms with Gasteiger partial charge >= 0.3 is 5.97 Å². The van der Waals surface area contributed by atoms with Gasteiger partial charge in [-0.05, 0) is 17.2 Å². The lowest BCUT2D eigenvalue weighted by Gasteiger charge is -2.04. The van der Waals surface area contributed by atoms with Gasteiger partial charge in [0.15, 0.2) is 0 Å². The van der Waals surface area contributed by atoms with Gasteiger partial charge in [-0.15, -0.1) is 0 Å². The number of rotatable bonds is 3. The maximum Gasteiger partial charge on any atom is 0.307 e. The topological polar surface area (TPSA) is 76.2 Å². The highest BCUT2D eigenvalue weighted by molar-refractivity contribution is 5.72. The Kier molecular flexibility index (Phi) is 3.05. The fourth-order valence-corrected chi connectivity index (χ4v) is 1.65. The molecule has 1 aromatic heterocycles. The molecule has 1 heterocycles. The highest BCUT2D eigenvalue weighted by Crippen LogP contribution is 2.21. The second-order valence-corrected chi connectivity index (χ2v) is 3.78. The molecule has 0 bridgehead atoms. The van der Waals surface area contributed by atoms with Gasteiger partial charge < -0.3 is 10.8 Å². The van der Waals surface area contributed by atoms with E-state index in [0.717, 1.165) is 16.7 Å². The number of nitrogens with zero attached hydrogens (tertiary/aromatic N) is 1. The quantitative estimate of drug-likeness (QED) is 0.841. The molecular weight excluding hydrogens is 216 g/mol. The van der Waals surface area contributed by atoms with E-state index in [1.54, 1.807) is 18.5 Å². The van der Waals surface area contributed by atoms with E-state index in [2.05, 4.69) is 4.98 Å². The largest absolute Gasteiger partial charge is 0.481 e. The van der Waals surface area contributed by atoms with Gasteiger partial charge in [-0.3, -0.25) is 9.78 Å². The van der Waals surface area contributed by atoms with Crippen molar-refractivity contribution in [3.8, 4) is 11.1 Å². The molecule has 17 heavy (non-hydrogen) atoms. The van der Waals surface area contributed by atoms with E-state index in [4.69, 9.17) is 10.8 Å². The Hall–Kier alpha value is -2.36. The number of nitrogen functional groups attached to an aromatic ring is 1. The summed E-state index contributed by atoms with van der Waals surface area (Å²) in [5, 5.41) is 8.74. The van der Waals surface area contributed by atoms with Crippen LogP contribution in [0.4, 0.5) is 5.69 Å². The normalized spacial score (nSPS) is 10.1. The summed E-state index contributed by atoms with van der Waals surface area (Å²) >= 11 is 0. The number of carbonyl (C=O) groups is 1. The predicted molar refractivity (Wildman–Crippen MR) is 65.4 cm³/mol.